The summed E-state index contributed by atoms with van der Waals surface area (Å²) in [6.45, 7) is 0. The Hall–Kier alpha value is -1.51. The maximum absolute atomic E-state index is 12.5. The van der Waals surface area contributed by atoms with Gasteiger partial charge in [0.25, 0.3) is 6.01 Å². The number of fused-ring (bicyclic) bond motifs is 1. The van der Waals surface area contributed by atoms with E-state index in [4.69, 9.17) is 9.15 Å². The van der Waals surface area contributed by atoms with E-state index in [9.17, 15) is 4.39 Å². The lowest BCUT2D eigenvalue weighted by atomic mass is 10.2. The fourth-order valence-electron chi connectivity index (χ4n) is 1.05. The van der Waals surface area contributed by atoms with Gasteiger partial charge in [-0.1, -0.05) is 0 Å². The zero-order chi connectivity index (χ0) is 8.55. The fraction of sp³-hybridized carbons (Fsp3) is 0.111. The fourth-order valence-corrected chi connectivity index (χ4v) is 1.05. The molecule has 12 heavy (non-hydrogen) atoms. The third-order valence-corrected chi connectivity index (χ3v) is 1.61. The number of hydrogen-bond acceptors (Lipinski definition) is 2. The van der Waals surface area contributed by atoms with Gasteiger partial charge in [-0.3, -0.25) is 0 Å². The van der Waals surface area contributed by atoms with Crippen LogP contribution in [0.2, 0.25) is 0 Å². The molecule has 2 aromatic rings. The van der Waals surface area contributed by atoms with Gasteiger partial charge in [0.1, 0.15) is 11.3 Å². The lowest BCUT2D eigenvalue weighted by Gasteiger charge is -1.95. The summed E-state index contributed by atoms with van der Waals surface area (Å²) in [6, 6.07) is 6.73. The van der Waals surface area contributed by atoms with Crippen molar-refractivity contribution < 1.29 is 13.5 Å². The molecule has 0 aliphatic heterocycles. The van der Waals surface area contributed by atoms with Crippen molar-refractivity contribution in [3.63, 3.8) is 0 Å². The molecule has 2 rings (SSSR count). The first-order valence-electron chi connectivity index (χ1n) is 3.44. The Morgan fingerprint density at radius 1 is 1.50 bits per heavy atom. The van der Waals surface area contributed by atoms with E-state index in [2.05, 4.69) is 6.07 Å². The first kappa shape index (κ1) is 7.16. The summed E-state index contributed by atoms with van der Waals surface area (Å²) in [5.74, 6) is 0.573. The highest BCUT2D eigenvalue weighted by molar-refractivity contribution is 5.78. The van der Waals surface area contributed by atoms with Gasteiger partial charge in [0.15, 0.2) is 0 Å². The maximum atomic E-state index is 12.5. The Balaban J connectivity index is 2.66. The average Bonchev–Trinajstić information content (AvgIpc) is 2.43. The molecule has 0 aliphatic rings. The van der Waals surface area contributed by atoms with E-state index in [-0.39, 0.29) is 0 Å². The van der Waals surface area contributed by atoms with Gasteiger partial charge in [0, 0.05) is 17.5 Å². The van der Waals surface area contributed by atoms with E-state index >= 15 is 0 Å². The maximum Gasteiger partial charge on any atom is 0.278 e. The summed E-state index contributed by atoms with van der Waals surface area (Å²) >= 11 is 0. The second-order valence-corrected chi connectivity index (χ2v) is 2.37. The number of halogens is 1. The average molecular weight is 165 g/mol. The van der Waals surface area contributed by atoms with E-state index in [1.54, 1.807) is 12.1 Å². The third-order valence-electron chi connectivity index (χ3n) is 1.61. The van der Waals surface area contributed by atoms with E-state index in [1.165, 1.54) is 13.2 Å². The van der Waals surface area contributed by atoms with Crippen LogP contribution in [0.1, 0.15) is 0 Å². The number of rotatable bonds is 1. The van der Waals surface area contributed by atoms with E-state index in [0.717, 1.165) is 0 Å². The SMILES string of the molecule is COc1[c]cc2oc(F)cc2c1. The zero-order valence-corrected chi connectivity index (χ0v) is 6.43. The largest absolute Gasteiger partial charge is 0.496 e. The Morgan fingerprint density at radius 2 is 2.33 bits per heavy atom. The predicted octanol–water partition coefficient (Wildman–Crippen LogP) is 2.38. The molecule has 0 unspecified atom stereocenters. The molecular weight excluding hydrogens is 159 g/mol. The Morgan fingerprint density at radius 3 is 3.08 bits per heavy atom. The van der Waals surface area contributed by atoms with Crippen molar-refractivity contribution in [3.05, 3.63) is 30.3 Å². The number of furan rings is 1. The second-order valence-electron chi connectivity index (χ2n) is 2.37. The smallest absolute Gasteiger partial charge is 0.278 e. The van der Waals surface area contributed by atoms with Gasteiger partial charge in [0.2, 0.25) is 0 Å². The van der Waals surface area contributed by atoms with Crippen LogP contribution in [0.4, 0.5) is 4.39 Å². The molecule has 1 aromatic heterocycles. The summed E-state index contributed by atoms with van der Waals surface area (Å²) < 4.78 is 22.2. The van der Waals surface area contributed by atoms with Crippen LogP contribution in [-0.4, -0.2) is 7.11 Å². The van der Waals surface area contributed by atoms with Crippen molar-refractivity contribution in [2.24, 2.45) is 0 Å². The number of benzene rings is 1. The highest BCUT2D eigenvalue weighted by Crippen LogP contribution is 2.22. The van der Waals surface area contributed by atoms with Gasteiger partial charge in [-0.2, -0.15) is 4.39 Å². The summed E-state index contributed by atoms with van der Waals surface area (Å²) in [5.41, 5.74) is 0.480. The number of ether oxygens (including phenoxy) is 1. The van der Waals surface area contributed by atoms with E-state index < -0.39 is 6.01 Å². The molecule has 0 saturated heterocycles. The highest BCUT2D eigenvalue weighted by atomic mass is 19.1. The lowest BCUT2D eigenvalue weighted by molar-refractivity contribution is 0.380. The van der Waals surface area contributed by atoms with Crippen LogP contribution < -0.4 is 4.74 Å². The minimum Gasteiger partial charge on any atom is -0.496 e. The van der Waals surface area contributed by atoms with Crippen molar-refractivity contribution in [1.82, 2.24) is 0 Å². The predicted molar refractivity (Wildman–Crippen MR) is 41.6 cm³/mol. The molecular formula is C9H6FO2. The van der Waals surface area contributed by atoms with Gasteiger partial charge in [-0.25, -0.2) is 0 Å². The van der Waals surface area contributed by atoms with Crippen LogP contribution in [0, 0.1) is 12.1 Å². The topological polar surface area (TPSA) is 22.4 Å². The van der Waals surface area contributed by atoms with Crippen LogP contribution >= 0.6 is 0 Å². The normalized spacial score (nSPS) is 10.5. The van der Waals surface area contributed by atoms with Gasteiger partial charge in [-0.15, -0.1) is 0 Å². The van der Waals surface area contributed by atoms with Crippen molar-refractivity contribution >= 4 is 11.0 Å². The van der Waals surface area contributed by atoms with Gasteiger partial charge in [0.05, 0.1) is 7.11 Å². The quantitative estimate of drug-likeness (QED) is 0.647. The first-order chi connectivity index (χ1) is 5.79. The Labute approximate surface area is 68.6 Å². The molecule has 1 radical (unpaired) electrons. The standard InChI is InChI=1S/C9H6FO2/c1-11-7-2-3-8-6(4-7)5-9(10)12-8/h3-5H,1H3. The highest BCUT2D eigenvalue weighted by Gasteiger charge is 2.03. The summed E-state index contributed by atoms with van der Waals surface area (Å²) in [4.78, 5) is 0. The van der Waals surface area contributed by atoms with Crippen molar-refractivity contribution in [2.45, 2.75) is 0 Å². The molecule has 0 spiro atoms. The molecule has 0 N–H and O–H groups in total. The van der Waals surface area contributed by atoms with Crippen molar-refractivity contribution in [2.75, 3.05) is 7.11 Å². The molecule has 0 saturated carbocycles. The van der Waals surface area contributed by atoms with Crippen LogP contribution in [-0.2, 0) is 0 Å². The Bertz CT molecular complexity index is 406. The molecule has 3 heteroatoms. The molecule has 61 valence electrons. The van der Waals surface area contributed by atoms with Crippen molar-refractivity contribution in [3.8, 4) is 5.75 Å². The van der Waals surface area contributed by atoms with Crippen molar-refractivity contribution in [1.29, 1.82) is 0 Å². The molecule has 0 aliphatic carbocycles. The molecule has 1 heterocycles. The lowest BCUT2D eigenvalue weighted by Crippen LogP contribution is -1.80. The second kappa shape index (κ2) is 2.52. The zero-order valence-electron chi connectivity index (χ0n) is 6.43. The summed E-state index contributed by atoms with van der Waals surface area (Å²) in [6.07, 6.45) is 0. The molecule has 0 amide bonds. The minimum atomic E-state index is -0.591. The minimum absolute atomic E-state index is 0.480. The van der Waals surface area contributed by atoms with E-state index in [1.807, 2.05) is 0 Å². The van der Waals surface area contributed by atoms with Gasteiger partial charge in [-0.05, 0) is 12.1 Å². The summed E-state index contributed by atoms with van der Waals surface area (Å²) in [5, 5.41) is 0.683. The van der Waals surface area contributed by atoms with Crippen LogP contribution in [0.3, 0.4) is 0 Å². The van der Waals surface area contributed by atoms with E-state index in [0.29, 0.717) is 16.7 Å². The van der Waals surface area contributed by atoms with Crippen LogP contribution in [0.5, 0.6) is 5.75 Å². The van der Waals surface area contributed by atoms with Gasteiger partial charge < -0.3 is 9.15 Å². The summed E-state index contributed by atoms with van der Waals surface area (Å²) in [7, 11) is 1.54. The number of hydrogen-bond donors (Lipinski definition) is 0. The molecule has 0 fully saturated rings. The Kier molecular flexibility index (Phi) is 1.50. The third kappa shape index (κ3) is 1.03. The number of methoxy groups -OCH3 is 1. The van der Waals surface area contributed by atoms with Crippen LogP contribution in [0.15, 0.2) is 22.6 Å². The molecule has 1 aromatic carbocycles. The van der Waals surface area contributed by atoms with Gasteiger partial charge >= 0.3 is 0 Å². The molecule has 2 nitrogen and oxygen atoms in total. The van der Waals surface area contributed by atoms with Crippen LogP contribution in [0.25, 0.3) is 11.0 Å². The molecule has 0 bridgehead atoms. The molecule has 0 atom stereocenters. The first-order valence-corrected chi connectivity index (χ1v) is 3.44. The monoisotopic (exact) mass is 165 g/mol.